The van der Waals surface area contributed by atoms with Gasteiger partial charge in [-0.2, -0.15) is 0 Å². The number of carbonyl (C=O) groups is 1. The zero-order valence-corrected chi connectivity index (χ0v) is 10.9. The second kappa shape index (κ2) is 6.93. The van der Waals surface area contributed by atoms with E-state index < -0.39 is 16.0 Å². The number of hydrogen-bond acceptors (Lipinski definition) is 5. The van der Waals surface area contributed by atoms with Crippen molar-refractivity contribution in [2.45, 2.75) is 19.8 Å². The molecular formula is C10H20N2O4S. The largest absolute Gasteiger partial charge is 0.466 e. The zero-order valence-electron chi connectivity index (χ0n) is 10.1. The quantitative estimate of drug-likeness (QED) is 0.604. The lowest BCUT2D eigenvalue weighted by atomic mass is 10.1. The van der Waals surface area contributed by atoms with Crippen LogP contribution in [0.1, 0.15) is 19.8 Å². The zero-order chi connectivity index (χ0) is 12.7. The lowest BCUT2D eigenvalue weighted by molar-refractivity contribution is -0.142. The number of ether oxygens (including phenoxy) is 1. The fourth-order valence-electron chi connectivity index (χ4n) is 1.66. The van der Waals surface area contributed by atoms with E-state index in [0.717, 1.165) is 19.5 Å². The molecule has 0 saturated carbocycles. The minimum atomic E-state index is -3.36. The van der Waals surface area contributed by atoms with Crippen LogP contribution in [0.5, 0.6) is 0 Å². The number of hydrogen-bond donors (Lipinski definition) is 2. The van der Waals surface area contributed by atoms with Gasteiger partial charge in [-0.25, -0.2) is 13.1 Å². The average molecular weight is 264 g/mol. The van der Waals surface area contributed by atoms with Crippen LogP contribution < -0.4 is 10.0 Å². The number of esters is 1. The second-order valence-electron chi connectivity index (χ2n) is 4.08. The number of carbonyl (C=O) groups excluding carboxylic acids is 1. The summed E-state index contributed by atoms with van der Waals surface area (Å²) in [6, 6.07) is 0. The van der Waals surface area contributed by atoms with Crippen LogP contribution >= 0.6 is 0 Å². The maximum Gasteiger partial charge on any atom is 0.306 e. The Bertz CT molecular complexity index is 336. The maximum absolute atomic E-state index is 11.6. The monoisotopic (exact) mass is 264 g/mol. The molecule has 0 amide bonds. The summed E-state index contributed by atoms with van der Waals surface area (Å²) in [5.74, 6) is -0.320. The normalized spacial score (nSPS) is 20.4. The van der Waals surface area contributed by atoms with Gasteiger partial charge in [0.1, 0.15) is 0 Å². The molecule has 100 valence electrons. The van der Waals surface area contributed by atoms with Crippen LogP contribution in [0.15, 0.2) is 0 Å². The van der Waals surface area contributed by atoms with Gasteiger partial charge < -0.3 is 10.1 Å². The fourth-order valence-corrected chi connectivity index (χ4v) is 2.73. The summed E-state index contributed by atoms with van der Waals surface area (Å²) in [6.45, 7) is 4.20. The molecule has 17 heavy (non-hydrogen) atoms. The first kappa shape index (κ1) is 14.4. The summed E-state index contributed by atoms with van der Waals surface area (Å²) in [7, 11) is -3.36. The van der Waals surface area contributed by atoms with Crippen molar-refractivity contribution in [3.8, 4) is 0 Å². The molecule has 0 bridgehead atoms. The number of nitrogens with one attached hydrogen (secondary N) is 2. The van der Waals surface area contributed by atoms with Gasteiger partial charge in [-0.15, -0.1) is 0 Å². The van der Waals surface area contributed by atoms with E-state index in [1.165, 1.54) is 0 Å². The highest BCUT2D eigenvalue weighted by molar-refractivity contribution is 7.89. The molecule has 0 aromatic carbocycles. The van der Waals surface area contributed by atoms with E-state index in [4.69, 9.17) is 0 Å². The van der Waals surface area contributed by atoms with Gasteiger partial charge in [0.05, 0.1) is 18.8 Å². The maximum atomic E-state index is 11.6. The molecule has 0 aromatic heterocycles. The minimum Gasteiger partial charge on any atom is -0.466 e. The van der Waals surface area contributed by atoms with Crippen molar-refractivity contribution >= 4 is 16.0 Å². The Morgan fingerprint density at radius 1 is 1.53 bits per heavy atom. The molecule has 1 heterocycles. The van der Waals surface area contributed by atoms with Crippen LogP contribution in [0.2, 0.25) is 0 Å². The van der Waals surface area contributed by atoms with E-state index in [1.807, 2.05) is 0 Å². The summed E-state index contributed by atoms with van der Waals surface area (Å²) in [6.07, 6.45) is 0.895. The minimum absolute atomic E-state index is 0.0912. The predicted octanol–water partition coefficient (Wildman–Crippen LogP) is -0.531. The van der Waals surface area contributed by atoms with Crippen LogP contribution in [-0.2, 0) is 19.6 Å². The molecule has 6 nitrogen and oxygen atoms in total. The van der Waals surface area contributed by atoms with E-state index in [2.05, 4.69) is 14.8 Å². The topological polar surface area (TPSA) is 84.5 Å². The molecule has 1 fully saturated rings. The molecule has 1 rings (SSSR count). The lowest BCUT2D eigenvalue weighted by Gasteiger charge is -2.10. The first-order valence-electron chi connectivity index (χ1n) is 5.87. The Kier molecular flexibility index (Phi) is 5.87. The van der Waals surface area contributed by atoms with Crippen LogP contribution in [0.3, 0.4) is 0 Å². The molecule has 0 aliphatic carbocycles. The van der Waals surface area contributed by atoms with E-state index in [0.29, 0.717) is 12.5 Å². The van der Waals surface area contributed by atoms with Crippen molar-refractivity contribution in [1.29, 1.82) is 0 Å². The third kappa shape index (κ3) is 5.99. The molecule has 7 heteroatoms. The van der Waals surface area contributed by atoms with E-state index >= 15 is 0 Å². The third-order valence-corrected chi connectivity index (χ3v) is 3.98. The molecule has 0 aromatic rings. The summed E-state index contributed by atoms with van der Waals surface area (Å²) in [5, 5.41) is 3.17. The van der Waals surface area contributed by atoms with E-state index in [-0.39, 0.29) is 18.8 Å². The van der Waals surface area contributed by atoms with Gasteiger partial charge in [-0.05, 0) is 32.4 Å². The fraction of sp³-hybridized carbons (Fsp3) is 0.900. The van der Waals surface area contributed by atoms with Crippen LogP contribution in [0.4, 0.5) is 0 Å². The molecule has 0 spiro atoms. The van der Waals surface area contributed by atoms with Crippen molar-refractivity contribution < 1.29 is 17.9 Å². The molecule has 1 aliphatic heterocycles. The van der Waals surface area contributed by atoms with Crippen molar-refractivity contribution in [1.82, 2.24) is 10.0 Å². The van der Waals surface area contributed by atoms with Gasteiger partial charge in [0.2, 0.25) is 10.0 Å². The Labute approximate surface area is 102 Å². The smallest absolute Gasteiger partial charge is 0.306 e. The molecule has 2 N–H and O–H groups in total. The molecule has 1 atom stereocenters. The highest BCUT2D eigenvalue weighted by Crippen LogP contribution is 2.06. The first-order chi connectivity index (χ1) is 8.03. The van der Waals surface area contributed by atoms with Gasteiger partial charge in [-0.1, -0.05) is 0 Å². The first-order valence-corrected chi connectivity index (χ1v) is 7.52. The number of sulfonamides is 1. The van der Waals surface area contributed by atoms with E-state index in [9.17, 15) is 13.2 Å². The second-order valence-corrected chi connectivity index (χ2v) is 6.01. The molecule has 0 radical (unpaired) electrons. The van der Waals surface area contributed by atoms with Gasteiger partial charge in [0.15, 0.2) is 0 Å². The highest BCUT2D eigenvalue weighted by atomic mass is 32.2. The average Bonchev–Trinajstić information content (AvgIpc) is 2.77. The van der Waals surface area contributed by atoms with E-state index in [1.54, 1.807) is 6.92 Å². The van der Waals surface area contributed by atoms with Crippen molar-refractivity contribution in [2.75, 3.05) is 32.0 Å². The standard InChI is InChI=1S/C10H20N2O4S/c1-2-16-10(13)4-6-17(14,15)12-8-9-3-5-11-7-9/h9,11-12H,2-8H2,1H3. The Hall–Kier alpha value is -0.660. The predicted molar refractivity (Wildman–Crippen MR) is 64.0 cm³/mol. The summed E-state index contributed by atoms with van der Waals surface area (Å²) in [5.41, 5.74) is 0. The summed E-state index contributed by atoms with van der Waals surface area (Å²) < 4.78 is 30.3. The van der Waals surface area contributed by atoms with Gasteiger partial charge >= 0.3 is 5.97 Å². The Morgan fingerprint density at radius 2 is 2.29 bits per heavy atom. The van der Waals surface area contributed by atoms with Crippen LogP contribution in [-0.4, -0.2) is 46.4 Å². The summed E-state index contributed by atoms with van der Waals surface area (Å²) >= 11 is 0. The Morgan fingerprint density at radius 3 is 2.88 bits per heavy atom. The molecule has 1 saturated heterocycles. The molecular weight excluding hydrogens is 244 g/mol. The van der Waals surface area contributed by atoms with Gasteiger partial charge in [0.25, 0.3) is 0 Å². The van der Waals surface area contributed by atoms with Gasteiger partial charge in [0, 0.05) is 6.54 Å². The van der Waals surface area contributed by atoms with Crippen molar-refractivity contribution in [3.63, 3.8) is 0 Å². The molecule has 1 aliphatic rings. The molecule has 1 unspecified atom stereocenters. The third-order valence-electron chi connectivity index (χ3n) is 2.63. The Balaban J connectivity index is 2.23. The van der Waals surface area contributed by atoms with Crippen molar-refractivity contribution in [2.24, 2.45) is 5.92 Å². The van der Waals surface area contributed by atoms with Crippen LogP contribution in [0.25, 0.3) is 0 Å². The van der Waals surface area contributed by atoms with Gasteiger partial charge in [-0.3, -0.25) is 4.79 Å². The highest BCUT2D eigenvalue weighted by Gasteiger charge is 2.18. The SMILES string of the molecule is CCOC(=O)CCS(=O)(=O)NCC1CCNC1. The summed E-state index contributed by atoms with van der Waals surface area (Å²) in [4.78, 5) is 11.0. The number of rotatable bonds is 7. The van der Waals surface area contributed by atoms with Crippen molar-refractivity contribution in [3.05, 3.63) is 0 Å². The van der Waals surface area contributed by atoms with Crippen LogP contribution in [0, 0.1) is 5.92 Å². The lowest BCUT2D eigenvalue weighted by Crippen LogP contribution is -2.32.